The number of pyridine rings is 1. The highest BCUT2D eigenvalue weighted by Crippen LogP contribution is 2.37. The molecule has 0 radical (unpaired) electrons. The SMILES string of the molecule is COc1ccc(Cn2c(=O)c3c(N)n(-c4cc(OC)c(Oc5ccccc5)cc4C)nc3c3ccc(OC(C)C)cc32)cc1. The molecule has 0 aliphatic rings. The van der Waals surface area contributed by atoms with Crippen LogP contribution in [0.5, 0.6) is 28.7 Å². The number of rotatable bonds is 9. The molecule has 0 aliphatic carbocycles. The molecule has 2 aromatic heterocycles. The van der Waals surface area contributed by atoms with Crippen LogP contribution in [0.1, 0.15) is 25.0 Å². The molecular formula is C35H34N4O5. The number of aromatic nitrogens is 3. The molecule has 6 aromatic rings. The summed E-state index contributed by atoms with van der Waals surface area (Å²) in [5.41, 5.74) is 10.2. The highest BCUT2D eigenvalue weighted by Gasteiger charge is 2.22. The molecule has 224 valence electrons. The van der Waals surface area contributed by atoms with E-state index in [1.54, 1.807) is 23.5 Å². The number of benzene rings is 4. The number of para-hydroxylation sites is 1. The van der Waals surface area contributed by atoms with Gasteiger partial charge in [-0.25, -0.2) is 4.68 Å². The van der Waals surface area contributed by atoms with E-state index in [0.717, 1.165) is 22.3 Å². The van der Waals surface area contributed by atoms with Gasteiger partial charge in [0.05, 0.1) is 38.1 Å². The van der Waals surface area contributed by atoms with Crippen LogP contribution in [-0.4, -0.2) is 34.7 Å². The number of nitrogens with zero attached hydrogens (tertiary/aromatic N) is 3. The lowest BCUT2D eigenvalue weighted by atomic mass is 10.1. The second-order valence-electron chi connectivity index (χ2n) is 10.8. The zero-order chi connectivity index (χ0) is 31.0. The van der Waals surface area contributed by atoms with Gasteiger partial charge >= 0.3 is 0 Å². The lowest BCUT2D eigenvalue weighted by Crippen LogP contribution is -2.22. The minimum atomic E-state index is -0.248. The van der Waals surface area contributed by atoms with Crippen LogP contribution in [0.25, 0.3) is 27.5 Å². The van der Waals surface area contributed by atoms with Crippen molar-refractivity contribution in [1.82, 2.24) is 14.3 Å². The van der Waals surface area contributed by atoms with Crippen molar-refractivity contribution in [3.8, 4) is 34.4 Å². The highest BCUT2D eigenvalue weighted by atomic mass is 16.5. The molecular weight excluding hydrogens is 556 g/mol. The Balaban J connectivity index is 1.54. The Kier molecular flexibility index (Phi) is 7.61. The Morgan fingerprint density at radius 2 is 1.57 bits per heavy atom. The number of nitrogen functional groups attached to an aromatic ring is 1. The molecule has 9 heteroatoms. The van der Waals surface area contributed by atoms with Crippen molar-refractivity contribution in [3.05, 3.63) is 106 Å². The quantitative estimate of drug-likeness (QED) is 0.196. The summed E-state index contributed by atoms with van der Waals surface area (Å²) in [5.74, 6) is 3.39. The zero-order valence-electron chi connectivity index (χ0n) is 25.3. The fourth-order valence-corrected chi connectivity index (χ4v) is 5.34. The second-order valence-corrected chi connectivity index (χ2v) is 10.8. The monoisotopic (exact) mass is 590 g/mol. The predicted octanol–water partition coefficient (Wildman–Crippen LogP) is 6.88. The third kappa shape index (κ3) is 5.28. The first kappa shape index (κ1) is 28.7. The van der Waals surface area contributed by atoms with E-state index >= 15 is 0 Å². The standard InChI is InChI=1S/C35H34N4O5/c1-21(2)43-26-15-16-27-29(18-26)38(20-23-11-13-24(41-4)14-12-23)35(40)32-33(27)37-39(34(32)36)28-19-30(42-5)31(17-22(28)3)44-25-9-7-6-8-10-25/h6-19,21H,20,36H2,1-5H3. The number of hydrogen-bond acceptors (Lipinski definition) is 7. The van der Waals surface area contributed by atoms with Crippen molar-refractivity contribution in [3.63, 3.8) is 0 Å². The Labute approximate surface area is 255 Å². The minimum absolute atomic E-state index is 0.0282. The predicted molar refractivity (Wildman–Crippen MR) is 173 cm³/mol. The molecule has 0 fully saturated rings. The number of nitrogens with two attached hydrogens (primary N) is 1. The van der Waals surface area contributed by atoms with Gasteiger partial charge in [0, 0.05) is 17.5 Å². The van der Waals surface area contributed by atoms with E-state index in [-0.39, 0.29) is 17.5 Å². The smallest absolute Gasteiger partial charge is 0.264 e. The van der Waals surface area contributed by atoms with Gasteiger partial charge in [-0.2, -0.15) is 5.10 Å². The fourth-order valence-electron chi connectivity index (χ4n) is 5.34. The second kappa shape index (κ2) is 11.7. The van der Waals surface area contributed by atoms with Gasteiger partial charge in [-0.3, -0.25) is 4.79 Å². The van der Waals surface area contributed by atoms with Gasteiger partial charge in [-0.05, 0) is 74.4 Å². The van der Waals surface area contributed by atoms with Crippen molar-refractivity contribution in [2.24, 2.45) is 0 Å². The molecule has 0 saturated heterocycles. The Morgan fingerprint density at radius 3 is 2.25 bits per heavy atom. The van der Waals surface area contributed by atoms with Gasteiger partial charge in [0.15, 0.2) is 11.5 Å². The summed E-state index contributed by atoms with van der Waals surface area (Å²) in [6.45, 7) is 6.19. The molecule has 0 unspecified atom stereocenters. The van der Waals surface area contributed by atoms with Crippen LogP contribution in [0.15, 0.2) is 89.7 Å². The first-order valence-electron chi connectivity index (χ1n) is 14.3. The summed E-state index contributed by atoms with van der Waals surface area (Å²) in [6, 6.07) is 26.5. The van der Waals surface area contributed by atoms with Crippen molar-refractivity contribution in [1.29, 1.82) is 0 Å². The number of aryl methyl sites for hydroxylation is 1. The van der Waals surface area contributed by atoms with Crippen LogP contribution >= 0.6 is 0 Å². The van der Waals surface area contributed by atoms with Gasteiger partial charge in [0.25, 0.3) is 5.56 Å². The van der Waals surface area contributed by atoms with Crippen molar-refractivity contribution in [2.45, 2.75) is 33.4 Å². The van der Waals surface area contributed by atoms with Crippen molar-refractivity contribution >= 4 is 27.6 Å². The van der Waals surface area contributed by atoms with E-state index in [4.69, 9.17) is 29.8 Å². The maximum absolute atomic E-state index is 14.3. The lowest BCUT2D eigenvalue weighted by Gasteiger charge is -2.15. The first-order valence-corrected chi connectivity index (χ1v) is 14.3. The third-order valence-electron chi connectivity index (χ3n) is 7.45. The van der Waals surface area contributed by atoms with Crippen LogP contribution in [-0.2, 0) is 6.54 Å². The third-order valence-corrected chi connectivity index (χ3v) is 7.45. The van der Waals surface area contributed by atoms with Crippen LogP contribution < -0.4 is 30.2 Å². The maximum Gasteiger partial charge on any atom is 0.264 e. The van der Waals surface area contributed by atoms with Gasteiger partial charge < -0.3 is 29.2 Å². The van der Waals surface area contributed by atoms with E-state index in [1.807, 2.05) is 106 Å². The number of ether oxygens (including phenoxy) is 4. The fraction of sp³-hybridized carbons (Fsp3) is 0.200. The number of fused-ring (bicyclic) bond motifs is 3. The van der Waals surface area contributed by atoms with E-state index in [1.165, 1.54) is 0 Å². The van der Waals surface area contributed by atoms with Crippen LogP contribution in [0.2, 0.25) is 0 Å². The molecule has 4 aromatic carbocycles. The van der Waals surface area contributed by atoms with E-state index in [0.29, 0.717) is 51.6 Å². The number of anilines is 1. The van der Waals surface area contributed by atoms with Crippen molar-refractivity contribution < 1.29 is 18.9 Å². The molecule has 0 spiro atoms. The topological polar surface area (TPSA) is 103 Å². The summed E-state index contributed by atoms with van der Waals surface area (Å²) in [4.78, 5) is 14.3. The zero-order valence-corrected chi connectivity index (χ0v) is 25.3. The Bertz CT molecular complexity index is 2030. The number of hydrogen-bond donors (Lipinski definition) is 1. The minimum Gasteiger partial charge on any atom is -0.497 e. The molecule has 0 bridgehead atoms. The van der Waals surface area contributed by atoms with E-state index < -0.39 is 0 Å². The average molecular weight is 591 g/mol. The molecule has 0 amide bonds. The molecule has 0 atom stereocenters. The average Bonchev–Trinajstić information content (AvgIpc) is 3.36. The summed E-state index contributed by atoms with van der Waals surface area (Å²) < 4.78 is 26.4. The molecule has 6 rings (SSSR count). The molecule has 0 aliphatic heterocycles. The lowest BCUT2D eigenvalue weighted by molar-refractivity contribution is 0.242. The largest absolute Gasteiger partial charge is 0.497 e. The first-order chi connectivity index (χ1) is 21.3. The summed E-state index contributed by atoms with van der Waals surface area (Å²) in [5, 5.41) is 6.03. The highest BCUT2D eigenvalue weighted by molar-refractivity contribution is 6.07. The Hall–Kier alpha value is -5.44. The maximum atomic E-state index is 14.3. The summed E-state index contributed by atoms with van der Waals surface area (Å²) in [7, 11) is 3.20. The van der Waals surface area contributed by atoms with Crippen LogP contribution in [0.4, 0.5) is 5.82 Å². The molecule has 0 saturated carbocycles. The van der Waals surface area contributed by atoms with E-state index in [2.05, 4.69) is 0 Å². The van der Waals surface area contributed by atoms with Gasteiger partial charge in [0.1, 0.15) is 34.0 Å². The molecule has 2 heterocycles. The summed E-state index contributed by atoms with van der Waals surface area (Å²) in [6.07, 6.45) is -0.0282. The van der Waals surface area contributed by atoms with Gasteiger partial charge in [-0.15, -0.1) is 0 Å². The molecule has 9 nitrogen and oxygen atoms in total. The Morgan fingerprint density at radius 1 is 0.841 bits per heavy atom. The van der Waals surface area contributed by atoms with Crippen molar-refractivity contribution in [2.75, 3.05) is 20.0 Å². The van der Waals surface area contributed by atoms with Crippen LogP contribution in [0, 0.1) is 6.92 Å². The molecule has 44 heavy (non-hydrogen) atoms. The molecule has 2 N–H and O–H groups in total. The van der Waals surface area contributed by atoms with Crippen LogP contribution in [0.3, 0.4) is 0 Å². The normalized spacial score (nSPS) is 11.3. The van der Waals surface area contributed by atoms with E-state index in [9.17, 15) is 4.79 Å². The summed E-state index contributed by atoms with van der Waals surface area (Å²) >= 11 is 0. The number of methoxy groups -OCH3 is 2. The van der Waals surface area contributed by atoms with Gasteiger partial charge in [0.2, 0.25) is 0 Å². The van der Waals surface area contributed by atoms with Gasteiger partial charge in [-0.1, -0.05) is 30.3 Å².